The van der Waals surface area contributed by atoms with Crippen LogP contribution in [0.2, 0.25) is 0 Å². The first-order valence-electron chi connectivity index (χ1n) is 9.36. The molecule has 1 aromatic heterocycles. The number of nitrogens with one attached hydrogen (secondary N) is 2. The second-order valence-electron chi connectivity index (χ2n) is 7.43. The molecule has 4 rings (SSSR count). The summed E-state index contributed by atoms with van der Waals surface area (Å²) in [5.74, 6) is -0.510. The maximum absolute atomic E-state index is 13.3. The van der Waals surface area contributed by atoms with Gasteiger partial charge in [0.1, 0.15) is 5.75 Å². The molecule has 2 aromatic rings. The van der Waals surface area contributed by atoms with Gasteiger partial charge in [0.15, 0.2) is 17.1 Å². The molecule has 3 amide bonds. The third-order valence-electron chi connectivity index (χ3n) is 5.63. The highest BCUT2D eigenvalue weighted by molar-refractivity contribution is 6.12. The summed E-state index contributed by atoms with van der Waals surface area (Å²) in [5, 5.41) is 2.77. The van der Waals surface area contributed by atoms with Gasteiger partial charge in [0.25, 0.3) is 5.91 Å². The fourth-order valence-electron chi connectivity index (χ4n) is 4.30. The van der Waals surface area contributed by atoms with Gasteiger partial charge in [-0.05, 0) is 32.4 Å². The van der Waals surface area contributed by atoms with E-state index in [1.807, 2.05) is 0 Å². The number of amides is 3. The molecule has 0 radical (unpaired) electrons. The van der Waals surface area contributed by atoms with E-state index in [0.717, 1.165) is 4.90 Å². The molecule has 2 N–H and O–H groups in total. The summed E-state index contributed by atoms with van der Waals surface area (Å²) in [6.45, 7) is 4.69. The number of hydrogen-bond donors (Lipinski definition) is 2. The number of fused-ring (bicyclic) bond motifs is 2. The number of ether oxygens (including phenoxy) is 1. The SMILES string of the molecule is CC(=O)c1c(C)[nH]c(C(=O)CN2C(=O)N[C@]3(CCOc4ccccc43)C2=O)c1C. The lowest BCUT2D eigenvalue weighted by molar-refractivity contribution is -0.132. The van der Waals surface area contributed by atoms with Crippen LogP contribution in [-0.4, -0.2) is 46.5 Å². The van der Waals surface area contributed by atoms with Crippen LogP contribution in [0.5, 0.6) is 5.75 Å². The quantitative estimate of drug-likeness (QED) is 0.610. The number of ketones is 2. The second kappa shape index (κ2) is 6.58. The fourth-order valence-corrected chi connectivity index (χ4v) is 4.30. The Bertz CT molecular complexity index is 1070. The molecule has 0 aliphatic carbocycles. The topological polar surface area (TPSA) is 109 Å². The zero-order valence-electron chi connectivity index (χ0n) is 16.4. The van der Waals surface area contributed by atoms with E-state index in [1.165, 1.54) is 6.92 Å². The first-order chi connectivity index (χ1) is 13.8. The number of Topliss-reactive ketones (excluding diaryl/α,β-unsaturated/α-hetero) is 2. The van der Waals surface area contributed by atoms with Crippen molar-refractivity contribution in [2.75, 3.05) is 13.2 Å². The van der Waals surface area contributed by atoms with Gasteiger partial charge in [0.2, 0.25) is 0 Å². The van der Waals surface area contributed by atoms with Crippen LogP contribution in [0, 0.1) is 13.8 Å². The van der Waals surface area contributed by atoms with Crippen LogP contribution in [0.25, 0.3) is 0 Å². The van der Waals surface area contributed by atoms with Crippen LogP contribution in [0.3, 0.4) is 0 Å². The minimum Gasteiger partial charge on any atom is -0.493 e. The van der Waals surface area contributed by atoms with E-state index < -0.39 is 29.8 Å². The van der Waals surface area contributed by atoms with Crippen molar-refractivity contribution in [2.24, 2.45) is 0 Å². The molecule has 2 aliphatic heterocycles. The number of carbonyl (C=O) groups is 4. The molecule has 0 saturated carbocycles. The van der Waals surface area contributed by atoms with Crippen molar-refractivity contribution in [1.82, 2.24) is 15.2 Å². The lowest BCUT2D eigenvalue weighted by Crippen LogP contribution is -2.47. The highest BCUT2D eigenvalue weighted by atomic mass is 16.5. The van der Waals surface area contributed by atoms with Crippen molar-refractivity contribution in [3.8, 4) is 5.75 Å². The molecular weight excluding hydrogens is 374 g/mol. The molecule has 2 aliphatic rings. The molecule has 8 nitrogen and oxygen atoms in total. The Morgan fingerprint density at radius 2 is 1.93 bits per heavy atom. The number of benzene rings is 1. The van der Waals surface area contributed by atoms with E-state index in [0.29, 0.717) is 28.1 Å². The number of aryl methyl sites for hydroxylation is 1. The number of carbonyl (C=O) groups excluding carboxylic acids is 4. The number of para-hydroxylation sites is 1. The summed E-state index contributed by atoms with van der Waals surface area (Å²) in [6.07, 6.45) is 0.286. The maximum atomic E-state index is 13.3. The lowest BCUT2D eigenvalue weighted by atomic mass is 9.84. The predicted molar refractivity (Wildman–Crippen MR) is 103 cm³/mol. The molecule has 29 heavy (non-hydrogen) atoms. The molecule has 1 aromatic carbocycles. The molecule has 150 valence electrons. The summed E-state index contributed by atoms with van der Waals surface area (Å²) in [7, 11) is 0. The largest absolute Gasteiger partial charge is 0.493 e. The van der Waals surface area contributed by atoms with E-state index in [2.05, 4.69) is 10.3 Å². The Kier molecular flexibility index (Phi) is 4.29. The van der Waals surface area contributed by atoms with Crippen molar-refractivity contribution in [3.63, 3.8) is 0 Å². The van der Waals surface area contributed by atoms with Gasteiger partial charge in [-0.1, -0.05) is 18.2 Å². The average molecular weight is 395 g/mol. The van der Waals surface area contributed by atoms with Crippen LogP contribution >= 0.6 is 0 Å². The molecule has 1 atom stereocenters. The van der Waals surface area contributed by atoms with Crippen molar-refractivity contribution < 1.29 is 23.9 Å². The van der Waals surface area contributed by atoms with Crippen molar-refractivity contribution in [1.29, 1.82) is 0 Å². The van der Waals surface area contributed by atoms with Crippen LogP contribution in [-0.2, 0) is 10.3 Å². The van der Waals surface area contributed by atoms with Crippen molar-refractivity contribution in [3.05, 3.63) is 52.3 Å². The Balaban J connectivity index is 1.64. The van der Waals surface area contributed by atoms with Gasteiger partial charge >= 0.3 is 6.03 Å². The van der Waals surface area contributed by atoms with Crippen molar-refractivity contribution >= 4 is 23.5 Å². The highest BCUT2D eigenvalue weighted by Gasteiger charge is 2.55. The maximum Gasteiger partial charge on any atom is 0.325 e. The highest BCUT2D eigenvalue weighted by Crippen LogP contribution is 2.41. The summed E-state index contributed by atoms with van der Waals surface area (Å²) < 4.78 is 5.61. The molecule has 1 saturated heterocycles. The summed E-state index contributed by atoms with van der Waals surface area (Å²) in [5.41, 5.74) is 1.17. The monoisotopic (exact) mass is 395 g/mol. The normalized spacial score (nSPS) is 20.4. The Labute approximate surface area is 167 Å². The molecule has 0 unspecified atom stereocenters. The first kappa shape index (κ1) is 18.9. The van der Waals surface area contributed by atoms with Crippen LogP contribution < -0.4 is 10.1 Å². The summed E-state index contributed by atoms with van der Waals surface area (Å²) in [4.78, 5) is 54.5. The first-order valence-corrected chi connectivity index (χ1v) is 9.36. The van der Waals surface area contributed by atoms with Gasteiger partial charge in [0, 0.05) is 23.2 Å². The number of aromatic amines is 1. The predicted octanol–water partition coefficient (Wildman–Crippen LogP) is 2.25. The Morgan fingerprint density at radius 3 is 2.62 bits per heavy atom. The standard InChI is InChI=1S/C21H21N3O5/c1-11-17(13(3)25)12(2)22-18(11)15(26)10-24-19(27)21(23-20(24)28)8-9-29-16-7-5-4-6-14(16)21/h4-7,22H,8-10H2,1-3H3,(H,23,28)/t21-/m0/s1. The Morgan fingerprint density at radius 1 is 1.21 bits per heavy atom. The molecule has 1 fully saturated rings. The van der Waals surface area contributed by atoms with Crippen molar-refractivity contribution in [2.45, 2.75) is 32.7 Å². The van der Waals surface area contributed by atoms with Gasteiger partial charge in [-0.25, -0.2) is 4.79 Å². The van der Waals surface area contributed by atoms with E-state index in [4.69, 9.17) is 4.74 Å². The number of imide groups is 1. The van der Waals surface area contributed by atoms with E-state index in [-0.39, 0.29) is 24.5 Å². The zero-order chi connectivity index (χ0) is 20.9. The number of H-pyrrole nitrogens is 1. The van der Waals surface area contributed by atoms with Gasteiger partial charge < -0.3 is 15.0 Å². The van der Waals surface area contributed by atoms with Crippen LogP contribution in [0.1, 0.15) is 51.0 Å². The van der Waals surface area contributed by atoms with Gasteiger partial charge in [-0.2, -0.15) is 0 Å². The molecule has 1 spiro atoms. The zero-order valence-corrected chi connectivity index (χ0v) is 16.4. The molecular formula is C21H21N3O5. The third kappa shape index (κ3) is 2.74. The molecule has 3 heterocycles. The fraction of sp³-hybridized carbons (Fsp3) is 0.333. The van der Waals surface area contributed by atoms with Gasteiger partial charge in [0.05, 0.1) is 18.8 Å². The molecule has 0 bridgehead atoms. The van der Waals surface area contributed by atoms with E-state index >= 15 is 0 Å². The Hall–Kier alpha value is -3.42. The van der Waals surface area contributed by atoms with Crippen LogP contribution in [0.15, 0.2) is 24.3 Å². The summed E-state index contributed by atoms with van der Waals surface area (Å²) in [6, 6.07) is 6.45. The number of urea groups is 1. The minimum atomic E-state index is -1.22. The minimum absolute atomic E-state index is 0.150. The smallest absolute Gasteiger partial charge is 0.325 e. The van der Waals surface area contributed by atoms with E-state index in [9.17, 15) is 19.2 Å². The number of nitrogens with zero attached hydrogens (tertiary/aromatic N) is 1. The molecule has 8 heteroatoms. The van der Waals surface area contributed by atoms with Crippen LogP contribution in [0.4, 0.5) is 4.79 Å². The third-order valence-corrected chi connectivity index (χ3v) is 5.63. The number of rotatable bonds is 4. The summed E-state index contributed by atoms with van der Waals surface area (Å²) >= 11 is 0. The average Bonchev–Trinajstić information content (AvgIpc) is 3.10. The lowest BCUT2D eigenvalue weighted by Gasteiger charge is -2.33. The second-order valence-corrected chi connectivity index (χ2v) is 7.43. The number of hydrogen-bond acceptors (Lipinski definition) is 5. The van der Waals surface area contributed by atoms with E-state index in [1.54, 1.807) is 38.1 Å². The van der Waals surface area contributed by atoms with Gasteiger partial charge in [-0.15, -0.1) is 0 Å². The van der Waals surface area contributed by atoms with Gasteiger partial charge in [-0.3, -0.25) is 19.3 Å². The number of aromatic nitrogens is 1.